The minimum Gasteiger partial charge on any atom is -0.395 e. The third-order valence-corrected chi connectivity index (χ3v) is 3.47. The average molecular weight is 266 g/mol. The van der Waals surface area contributed by atoms with E-state index in [1.807, 2.05) is 0 Å². The summed E-state index contributed by atoms with van der Waals surface area (Å²) in [6, 6.07) is 0.360. The van der Waals surface area contributed by atoms with E-state index < -0.39 is 0 Å². The van der Waals surface area contributed by atoms with Crippen LogP contribution in [-0.2, 0) is 0 Å². The smallest absolute Gasteiger partial charge is 0.137 e. The van der Waals surface area contributed by atoms with Gasteiger partial charge in [0.2, 0.25) is 0 Å². The Morgan fingerprint density at radius 3 is 2.37 bits per heavy atom. The first-order chi connectivity index (χ1) is 9.06. The van der Waals surface area contributed by atoms with Gasteiger partial charge < -0.3 is 15.7 Å². The second kappa shape index (κ2) is 7.28. The molecule has 1 aromatic heterocycles. The molecule has 1 aromatic rings. The van der Waals surface area contributed by atoms with Crippen molar-refractivity contribution < 1.29 is 5.11 Å². The fourth-order valence-electron chi connectivity index (χ4n) is 2.48. The van der Waals surface area contributed by atoms with E-state index in [1.54, 1.807) is 0 Å². The lowest BCUT2D eigenvalue weighted by Crippen LogP contribution is -2.38. The Labute approximate surface area is 115 Å². The Morgan fingerprint density at radius 1 is 1.26 bits per heavy atom. The van der Waals surface area contributed by atoms with Gasteiger partial charge in [0.15, 0.2) is 0 Å². The number of anilines is 2. The Kier molecular flexibility index (Phi) is 6.02. The van der Waals surface area contributed by atoms with E-state index in [0.717, 1.165) is 24.2 Å². The van der Waals surface area contributed by atoms with E-state index in [4.69, 9.17) is 5.73 Å². The van der Waals surface area contributed by atoms with Crippen LogP contribution in [-0.4, -0.2) is 34.3 Å². The highest BCUT2D eigenvalue weighted by Gasteiger charge is 2.22. The van der Waals surface area contributed by atoms with Gasteiger partial charge in [-0.25, -0.2) is 9.97 Å². The summed E-state index contributed by atoms with van der Waals surface area (Å²) < 4.78 is 0. The number of nitrogen functional groups attached to an aromatic ring is 1. The van der Waals surface area contributed by atoms with Gasteiger partial charge in [-0.1, -0.05) is 27.7 Å². The number of hydrogen-bond acceptors (Lipinski definition) is 5. The summed E-state index contributed by atoms with van der Waals surface area (Å²) in [5.74, 6) is 1.66. The van der Waals surface area contributed by atoms with Crippen molar-refractivity contribution in [2.24, 2.45) is 0 Å². The van der Waals surface area contributed by atoms with E-state index in [2.05, 4.69) is 42.6 Å². The lowest BCUT2D eigenvalue weighted by molar-refractivity contribution is 0.295. The molecule has 0 radical (unpaired) electrons. The van der Waals surface area contributed by atoms with Crippen molar-refractivity contribution in [2.75, 3.05) is 23.8 Å². The van der Waals surface area contributed by atoms with Gasteiger partial charge in [-0.15, -0.1) is 0 Å². The molecule has 0 aliphatic carbocycles. The summed E-state index contributed by atoms with van der Waals surface area (Å²) >= 11 is 0. The summed E-state index contributed by atoms with van der Waals surface area (Å²) in [6.45, 7) is 9.15. The van der Waals surface area contributed by atoms with Crippen LogP contribution in [0.1, 0.15) is 52.0 Å². The van der Waals surface area contributed by atoms with Crippen molar-refractivity contribution in [3.8, 4) is 0 Å². The molecule has 0 fully saturated rings. The molecule has 0 saturated carbocycles. The second-order valence-electron chi connectivity index (χ2n) is 5.04. The van der Waals surface area contributed by atoms with E-state index >= 15 is 0 Å². The summed E-state index contributed by atoms with van der Waals surface area (Å²) in [4.78, 5) is 10.7. The quantitative estimate of drug-likeness (QED) is 0.791. The fraction of sp³-hybridized carbons (Fsp3) is 0.714. The van der Waals surface area contributed by atoms with Crippen LogP contribution < -0.4 is 10.6 Å². The van der Waals surface area contributed by atoms with Crippen molar-refractivity contribution in [1.82, 2.24) is 9.97 Å². The third-order valence-electron chi connectivity index (χ3n) is 3.47. The molecule has 0 unspecified atom stereocenters. The standard InChI is InChI=1S/C14H26N4O/c1-5-11(6-2)18(7-8-19)14-12(10(3)4)13(15)16-9-17-14/h9-11,19H,5-8H2,1-4H3,(H2,15,16,17). The summed E-state index contributed by atoms with van der Waals surface area (Å²) in [5, 5.41) is 9.32. The fourth-order valence-corrected chi connectivity index (χ4v) is 2.48. The maximum absolute atomic E-state index is 9.32. The largest absolute Gasteiger partial charge is 0.395 e. The lowest BCUT2D eigenvalue weighted by atomic mass is 10.0. The molecule has 1 heterocycles. The summed E-state index contributed by atoms with van der Waals surface area (Å²) in [6.07, 6.45) is 3.53. The maximum atomic E-state index is 9.32. The molecule has 5 heteroatoms. The van der Waals surface area contributed by atoms with Crippen LogP contribution in [0.5, 0.6) is 0 Å². The Bertz CT molecular complexity index is 391. The number of aromatic nitrogens is 2. The summed E-state index contributed by atoms with van der Waals surface area (Å²) in [7, 11) is 0. The van der Waals surface area contributed by atoms with Gasteiger partial charge in [-0.3, -0.25) is 0 Å². The monoisotopic (exact) mass is 266 g/mol. The van der Waals surface area contributed by atoms with Crippen LogP contribution in [0.4, 0.5) is 11.6 Å². The zero-order valence-corrected chi connectivity index (χ0v) is 12.4. The van der Waals surface area contributed by atoms with E-state index in [9.17, 15) is 5.11 Å². The van der Waals surface area contributed by atoms with Crippen molar-refractivity contribution in [1.29, 1.82) is 0 Å². The Morgan fingerprint density at radius 2 is 1.89 bits per heavy atom. The van der Waals surface area contributed by atoms with E-state index in [1.165, 1.54) is 6.33 Å². The molecule has 0 bridgehead atoms. The molecular weight excluding hydrogens is 240 g/mol. The number of aliphatic hydroxyl groups is 1. The lowest BCUT2D eigenvalue weighted by Gasteiger charge is -2.33. The predicted octanol–water partition coefficient (Wildman–Crippen LogP) is 2.17. The minimum atomic E-state index is 0.109. The third kappa shape index (κ3) is 3.56. The van der Waals surface area contributed by atoms with E-state index in [0.29, 0.717) is 18.4 Å². The first kappa shape index (κ1) is 15.7. The zero-order chi connectivity index (χ0) is 14.4. The van der Waals surface area contributed by atoms with Gasteiger partial charge in [0.05, 0.1) is 6.61 Å². The molecule has 1 rings (SSSR count). The van der Waals surface area contributed by atoms with Gasteiger partial charge in [0.1, 0.15) is 18.0 Å². The van der Waals surface area contributed by atoms with Gasteiger partial charge in [0, 0.05) is 18.2 Å². The van der Waals surface area contributed by atoms with Crippen LogP contribution in [0.3, 0.4) is 0 Å². The molecule has 0 aromatic carbocycles. The van der Waals surface area contributed by atoms with Gasteiger partial charge in [0.25, 0.3) is 0 Å². The molecule has 0 aliphatic rings. The molecule has 19 heavy (non-hydrogen) atoms. The number of rotatable bonds is 7. The Hall–Kier alpha value is -1.36. The second-order valence-corrected chi connectivity index (χ2v) is 5.04. The molecular formula is C14H26N4O. The highest BCUT2D eigenvalue weighted by atomic mass is 16.3. The Balaban J connectivity index is 3.25. The molecule has 108 valence electrons. The molecule has 3 N–H and O–H groups in total. The van der Waals surface area contributed by atoms with Crippen molar-refractivity contribution in [2.45, 2.75) is 52.5 Å². The minimum absolute atomic E-state index is 0.109. The normalized spacial score (nSPS) is 11.3. The van der Waals surface area contributed by atoms with Crippen molar-refractivity contribution in [3.05, 3.63) is 11.9 Å². The number of nitrogens with two attached hydrogens (primary N) is 1. The first-order valence-corrected chi connectivity index (χ1v) is 7.04. The zero-order valence-electron chi connectivity index (χ0n) is 12.4. The number of hydrogen-bond donors (Lipinski definition) is 2. The predicted molar refractivity (Wildman–Crippen MR) is 79.3 cm³/mol. The molecule has 5 nitrogen and oxygen atoms in total. The van der Waals surface area contributed by atoms with Crippen molar-refractivity contribution in [3.63, 3.8) is 0 Å². The maximum Gasteiger partial charge on any atom is 0.137 e. The van der Waals surface area contributed by atoms with Gasteiger partial charge >= 0.3 is 0 Å². The average Bonchev–Trinajstić information content (AvgIpc) is 2.38. The summed E-state index contributed by atoms with van der Waals surface area (Å²) in [5.41, 5.74) is 6.97. The molecule has 0 atom stereocenters. The van der Waals surface area contributed by atoms with Crippen LogP contribution in [0.25, 0.3) is 0 Å². The molecule has 0 aliphatic heterocycles. The first-order valence-electron chi connectivity index (χ1n) is 7.04. The van der Waals surface area contributed by atoms with Crippen LogP contribution >= 0.6 is 0 Å². The van der Waals surface area contributed by atoms with Gasteiger partial charge in [-0.05, 0) is 18.8 Å². The van der Waals surface area contributed by atoms with E-state index in [-0.39, 0.29) is 12.5 Å². The van der Waals surface area contributed by atoms with Crippen LogP contribution in [0, 0.1) is 0 Å². The molecule has 0 spiro atoms. The topological polar surface area (TPSA) is 75.3 Å². The SMILES string of the molecule is CCC(CC)N(CCO)c1ncnc(N)c1C(C)C. The number of aliphatic hydroxyl groups excluding tert-OH is 1. The highest BCUT2D eigenvalue weighted by molar-refractivity contribution is 5.58. The highest BCUT2D eigenvalue weighted by Crippen LogP contribution is 2.31. The van der Waals surface area contributed by atoms with Crippen LogP contribution in [0.15, 0.2) is 6.33 Å². The van der Waals surface area contributed by atoms with Crippen molar-refractivity contribution >= 4 is 11.6 Å². The van der Waals surface area contributed by atoms with Crippen LogP contribution in [0.2, 0.25) is 0 Å². The molecule has 0 amide bonds. The van der Waals surface area contributed by atoms with Gasteiger partial charge in [-0.2, -0.15) is 0 Å². The molecule has 0 saturated heterocycles. The number of nitrogens with zero attached hydrogens (tertiary/aromatic N) is 3.